The van der Waals surface area contributed by atoms with E-state index in [2.05, 4.69) is 5.32 Å². The lowest BCUT2D eigenvalue weighted by atomic mass is 10.4. The molecule has 6 heteroatoms. The van der Waals surface area contributed by atoms with Gasteiger partial charge in [-0.3, -0.25) is 0 Å². The Morgan fingerprint density at radius 3 is 2.31 bits per heavy atom. The van der Waals surface area contributed by atoms with Crippen LogP contribution in [0, 0.1) is 0 Å². The molecule has 0 bridgehead atoms. The number of hydrogen-bond acceptors (Lipinski definition) is 4. The van der Waals surface area contributed by atoms with E-state index in [0.717, 1.165) is 0 Å². The van der Waals surface area contributed by atoms with E-state index in [1.165, 1.54) is 4.31 Å². The van der Waals surface area contributed by atoms with Crippen molar-refractivity contribution in [2.75, 3.05) is 33.1 Å². The van der Waals surface area contributed by atoms with Gasteiger partial charge in [-0.05, 0) is 6.92 Å². The number of sulfonamides is 1. The second kappa shape index (κ2) is 7.21. The van der Waals surface area contributed by atoms with Gasteiger partial charge in [-0.25, -0.2) is 8.42 Å². The highest BCUT2D eigenvalue weighted by Crippen LogP contribution is 2.04. The number of nitrogens with zero attached hydrogens (tertiary/aromatic N) is 1. The van der Waals surface area contributed by atoms with Crippen molar-refractivity contribution in [2.24, 2.45) is 0 Å². The van der Waals surface area contributed by atoms with E-state index in [0.29, 0.717) is 19.2 Å². The highest BCUT2D eigenvalue weighted by atomic mass is 32.2. The third kappa shape index (κ3) is 5.79. The van der Waals surface area contributed by atoms with Gasteiger partial charge in [0.05, 0.1) is 12.4 Å². The van der Waals surface area contributed by atoms with Crippen LogP contribution >= 0.6 is 0 Å². The van der Waals surface area contributed by atoms with E-state index >= 15 is 0 Å². The summed E-state index contributed by atoms with van der Waals surface area (Å²) < 4.78 is 30.0. The average Bonchev–Trinajstić information content (AvgIpc) is 2.16. The van der Waals surface area contributed by atoms with Crippen molar-refractivity contribution >= 4 is 10.0 Å². The maximum absolute atomic E-state index is 11.9. The molecule has 1 N–H and O–H groups in total. The molecular formula is C10H24N2O3S. The summed E-state index contributed by atoms with van der Waals surface area (Å²) in [6, 6.07) is 0.172. The number of ether oxygens (including phenoxy) is 1. The third-order valence-electron chi connectivity index (χ3n) is 2.38. The summed E-state index contributed by atoms with van der Waals surface area (Å²) >= 11 is 0. The van der Waals surface area contributed by atoms with Crippen LogP contribution in [0.1, 0.15) is 20.8 Å². The van der Waals surface area contributed by atoms with Crippen LogP contribution in [0.25, 0.3) is 0 Å². The molecule has 5 nitrogen and oxygen atoms in total. The Morgan fingerprint density at radius 1 is 1.31 bits per heavy atom. The fourth-order valence-electron chi connectivity index (χ4n) is 1.24. The molecule has 0 aliphatic carbocycles. The zero-order valence-electron chi connectivity index (χ0n) is 10.9. The maximum Gasteiger partial charge on any atom is 0.215 e. The quantitative estimate of drug-likeness (QED) is 0.674. The number of nitrogens with one attached hydrogen (secondary N) is 1. The summed E-state index contributed by atoms with van der Waals surface area (Å²) in [5.74, 6) is 0.121. The van der Waals surface area contributed by atoms with E-state index in [9.17, 15) is 8.42 Å². The lowest BCUT2D eigenvalue weighted by Gasteiger charge is -2.23. The Hall–Kier alpha value is -0.170. The van der Waals surface area contributed by atoms with Gasteiger partial charge in [0.1, 0.15) is 0 Å². The molecule has 0 aliphatic rings. The van der Waals surface area contributed by atoms with Crippen molar-refractivity contribution < 1.29 is 13.2 Å². The van der Waals surface area contributed by atoms with Gasteiger partial charge in [0.25, 0.3) is 0 Å². The van der Waals surface area contributed by atoms with E-state index in [1.54, 1.807) is 14.2 Å². The van der Waals surface area contributed by atoms with E-state index in [-0.39, 0.29) is 11.8 Å². The molecule has 0 fully saturated rings. The Morgan fingerprint density at radius 2 is 1.88 bits per heavy atom. The summed E-state index contributed by atoms with van der Waals surface area (Å²) in [5.41, 5.74) is 0. The highest BCUT2D eigenvalue weighted by Gasteiger charge is 2.22. The molecule has 0 aromatic heterocycles. The smallest absolute Gasteiger partial charge is 0.215 e. The molecule has 0 heterocycles. The van der Waals surface area contributed by atoms with Crippen molar-refractivity contribution in [2.45, 2.75) is 32.9 Å². The predicted octanol–water partition coefficient (Wildman–Crippen LogP) is 0.281. The summed E-state index contributed by atoms with van der Waals surface area (Å²) in [7, 11) is -0.0281. The van der Waals surface area contributed by atoms with E-state index in [1.807, 2.05) is 20.8 Å². The van der Waals surface area contributed by atoms with Gasteiger partial charge in [-0.2, -0.15) is 4.31 Å². The van der Waals surface area contributed by atoms with Gasteiger partial charge < -0.3 is 10.1 Å². The first kappa shape index (κ1) is 15.8. The maximum atomic E-state index is 11.9. The first-order valence-electron chi connectivity index (χ1n) is 5.49. The summed E-state index contributed by atoms with van der Waals surface area (Å²) in [6.07, 6.45) is 0. The molecule has 98 valence electrons. The van der Waals surface area contributed by atoms with Crippen molar-refractivity contribution in [1.82, 2.24) is 9.62 Å². The van der Waals surface area contributed by atoms with Crippen LogP contribution < -0.4 is 5.32 Å². The van der Waals surface area contributed by atoms with Crippen LogP contribution in [0.4, 0.5) is 0 Å². The summed E-state index contributed by atoms with van der Waals surface area (Å²) in [6.45, 7) is 6.70. The monoisotopic (exact) mass is 252 g/mol. The van der Waals surface area contributed by atoms with Crippen LogP contribution in [0.3, 0.4) is 0 Å². The van der Waals surface area contributed by atoms with Crippen LogP contribution in [0.5, 0.6) is 0 Å². The fraction of sp³-hybridized carbons (Fsp3) is 1.00. The van der Waals surface area contributed by atoms with Gasteiger partial charge in [0.2, 0.25) is 10.0 Å². The van der Waals surface area contributed by atoms with E-state index < -0.39 is 10.0 Å². The molecule has 16 heavy (non-hydrogen) atoms. The predicted molar refractivity (Wildman–Crippen MR) is 66.0 cm³/mol. The number of hydrogen-bond donors (Lipinski definition) is 1. The molecule has 0 radical (unpaired) electrons. The van der Waals surface area contributed by atoms with Gasteiger partial charge in [-0.15, -0.1) is 0 Å². The number of likely N-dealkylation sites (N-methyl/N-ethyl adjacent to an activating group) is 1. The first-order valence-corrected chi connectivity index (χ1v) is 7.10. The Kier molecular flexibility index (Phi) is 7.14. The minimum absolute atomic E-state index is 0.121. The van der Waals surface area contributed by atoms with Crippen molar-refractivity contribution in [1.29, 1.82) is 0 Å². The molecule has 0 spiro atoms. The molecule has 0 amide bonds. The van der Waals surface area contributed by atoms with E-state index in [4.69, 9.17) is 4.74 Å². The molecule has 0 aliphatic heterocycles. The fourth-order valence-corrected chi connectivity index (χ4v) is 2.51. The minimum Gasteiger partial charge on any atom is -0.383 e. The Labute approximate surface area is 99.2 Å². The normalized spacial score (nSPS) is 14.7. The zero-order valence-corrected chi connectivity index (χ0v) is 11.7. The van der Waals surface area contributed by atoms with Crippen molar-refractivity contribution in [3.63, 3.8) is 0 Å². The van der Waals surface area contributed by atoms with Gasteiger partial charge in [-0.1, -0.05) is 13.8 Å². The highest BCUT2D eigenvalue weighted by molar-refractivity contribution is 7.89. The lowest BCUT2D eigenvalue weighted by molar-refractivity contribution is 0.149. The second-order valence-electron chi connectivity index (χ2n) is 4.25. The Bertz CT molecular complexity index is 278. The van der Waals surface area contributed by atoms with Crippen LogP contribution in [0.15, 0.2) is 0 Å². The van der Waals surface area contributed by atoms with Crippen molar-refractivity contribution in [3.8, 4) is 0 Å². The largest absolute Gasteiger partial charge is 0.383 e. The molecule has 1 unspecified atom stereocenters. The molecule has 0 aromatic carbocycles. The topological polar surface area (TPSA) is 58.6 Å². The number of rotatable bonds is 8. The minimum atomic E-state index is -3.19. The summed E-state index contributed by atoms with van der Waals surface area (Å²) in [4.78, 5) is 0. The summed E-state index contributed by atoms with van der Waals surface area (Å²) in [5, 5.41) is 3.09. The first-order chi connectivity index (χ1) is 7.31. The lowest BCUT2D eigenvalue weighted by Crippen LogP contribution is -2.41. The van der Waals surface area contributed by atoms with Crippen molar-refractivity contribution in [3.05, 3.63) is 0 Å². The molecule has 0 saturated heterocycles. The standard InChI is InChI=1S/C10H24N2O3S/c1-9(2)11-6-7-16(13,14)12(4)10(3)8-15-5/h9-11H,6-8H2,1-5H3. The van der Waals surface area contributed by atoms with Crippen LogP contribution in [-0.4, -0.2) is 57.9 Å². The van der Waals surface area contributed by atoms with Crippen LogP contribution in [-0.2, 0) is 14.8 Å². The third-order valence-corrected chi connectivity index (χ3v) is 4.34. The van der Waals surface area contributed by atoms with Gasteiger partial charge in [0, 0.05) is 32.8 Å². The Balaban J connectivity index is 4.20. The molecule has 0 rings (SSSR count). The molecule has 1 atom stereocenters. The van der Waals surface area contributed by atoms with Gasteiger partial charge in [0.15, 0.2) is 0 Å². The number of methoxy groups -OCH3 is 1. The second-order valence-corrected chi connectivity index (χ2v) is 6.39. The molecule has 0 aromatic rings. The zero-order chi connectivity index (χ0) is 12.8. The average molecular weight is 252 g/mol. The molecular weight excluding hydrogens is 228 g/mol. The SMILES string of the molecule is COCC(C)N(C)S(=O)(=O)CCNC(C)C. The molecule has 0 saturated carbocycles. The van der Waals surface area contributed by atoms with Gasteiger partial charge >= 0.3 is 0 Å². The van der Waals surface area contributed by atoms with Crippen LogP contribution in [0.2, 0.25) is 0 Å².